The molecule has 3 aromatic carbocycles. The lowest BCUT2D eigenvalue weighted by atomic mass is 10.0. The molecule has 0 saturated carbocycles. The van der Waals surface area contributed by atoms with E-state index in [9.17, 15) is 9.90 Å². The average Bonchev–Trinajstić information content (AvgIpc) is 2.66. The van der Waals surface area contributed by atoms with Gasteiger partial charge < -0.3 is 5.11 Å². The van der Waals surface area contributed by atoms with E-state index >= 15 is 0 Å². The second-order valence-corrected chi connectivity index (χ2v) is 6.67. The Hall–Kier alpha value is -3.53. The van der Waals surface area contributed by atoms with Crippen molar-refractivity contribution in [2.24, 2.45) is 0 Å². The van der Waals surface area contributed by atoms with Crippen LogP contribution in [0.15, 0.2) is 66.7 Å². The molecule has 0 aliphatic carbocycles. The fourth-order valence-electron chi connectivity index (χ4n) is 3.17. The highest BCUT2D eigenvalue weighted by Crippen LogP contribution is 2.32. The molecule has 0 aliphatic heterocycles. The standard InChI is InChI=1S/C23H18N2O2/c1-14-5-3-7-16(11-14)21-22(17-8-4-6-15(2)12-17)25-20-13-18(23(26)27)9-10-19(20)24-21/h3-13H,1-2H3,(H,26,27). The van der Waals surface area contributed by atoms with E-state index in [2.05, 4.69) is 12.1 Å². The number of aromatic carboxylic acids is 1. The summed E-state index contributed by atoms with van der Waals surface area (Å²) in [5, 5.41) is 9.28. The molecule has 1 aromatic heterocycles. The first-order valence-corrected chi connectivity index (χ1v) is 8.70. The van der Waals surface area contributed by atoms with E-state index in [0.717, 1.165) is 33.6 Å². The van der Waals surface area contributed by atoms with E-state index in [0.29, 0.717) is 11.0 Å². The van der Waals surface area contributed by atoms with Gasteiger partial charge in [0.05, 0.1) is 28.0 Å². The molecule has 0 amide bonds. The lowest BCUT2D eigenvalue weighted by molar-refractivity contribution is 0.0697. The van der Waals surface area contributed by atoms with E-state index < -0.39 is 5.97 Å². The van der Waals surface area contributed by atoms with Crippen LogP contribution in [0, 0.1) is 13.8 Å². The zero-order chi connectivity index (χ0) is 19.0. The van der Waals surface area contributed by atoms with Crippen LogP contribution in [0.1, 0.15) is 21.5 Å². The fraction of sp³-hybridized carbons (Fsp3) is 0.0870. The van der Waals surface area contributed by atoms with Crippen LogP contribution in [-0.4, -0.2) is 21.0 Å². The van der Waals surface area contributed by atoms with E-state index in [4.69, 9.17) is 9.97 Å². The third-order valence-corrected chi connectivity index (χ3v) is 4.49. The maximum absolute atomic E-state index is 11.3. The summed E-state index contributed by atoms with van der Waals surface area (Å²) in [6.07, 6.45) is 0. The van der Waals surface area contributed by atoms with Gasteiger partial charge in [-0.25, -0.2) is 14.8 Å². The number of benzene rings is 3. The van der Waals surface area contributed by atoms with Crippen molar-refractivity contribution >= 4 is 17.0 Å². The van der Waals surface area contributed by atoms with Crippen LogP contribution in [-0.2, 0) is 0 Å². The zero-order valence-electron chi connectivity index (χ0n) is 15.1. The van der Waals surface area contributed by atoms with Crippen LogP contribution >= 0.6 is 0 Å². The first-order chi connectivity index (χ1) is 13.0. The van der Waals surface area contributed by atoms with E-state index in [1.165, 1.54) is 0 Å². The molecule has 4 nitrogen and oxygen atoms in total. The molecule has 27 heavy (non-hydrogen) atoms. The van der Waals surface area contributed by atoms with Crippen molar-refractivity contribution in [3.63, 3.8) is 0 Å². The number of aryl methyl sites for hydroxylation is 2. The maximum Gasteiger partial charge on any atom is 0.335 e. The normalized spacial score (nSPS) is 10.9. The fourth-order valence-corrected chi connectivity index (χ4v) is 3.17. The molecule has 0 saturated heterocycles. The Kier molecular flexibility index (Phi) is 4.16. The highest BCUT2D eigenvalue weighted by atomic mass is 16.4. The Morgan fingerprint density at radius 3 is 1.81 bits per heavy atom. The minimum atomic E-state index is -0.974. The molecule has 0 aliphatic rings. The molecule has 1 N–H and O–H groups in total. The minimum Gasteiger partial charge on any atom is -0.478 e. The van der Waals surface area contributed by atoms with Gasteiger partial charge in [0, 0.05) is 11.1 Å². The zero-order valence-corrected chi connectivity index (χ0v) is 15.1. The predicted molar refractivity (Wildman–Crippen MR) is 107 cm³/mol. The summed E-state index contributed by atoms with van der Waals surface area (Å²) in [5.41, 5.74) is 7.21. The smallest absolute Gasteiger partial charge is 0.335 e. The first-order valence-electron chi connectivity index (χ1n) is 8.70. The lowest BCUT2D eigenvalue weighted by Gasteiger charge is -2.12. The first kappa shape index (κ1) is 16.9. The van der Waals surface area contributed by atoms with Crippen LogP contribution < -0.4 is 0 Å². The van der Waals surface area contributed by atoms with Gasteiger partial charge in [-0.3, -0.25) is 0 Å². The Labute approximate surface area is 157 Å². The number of hydrogen-bond donors (Lipinski definition) is 1. The molecular weight excluding hydrogens is 336 g/mol. The number of hydrogen-bond acceptors (Lipinski definition) is 3. The van der Waals surface area contributed by atoms with Crippen molar-refractivity contribution in [2.45, 2.75) is 13.8 Å². The predicted octanol–water partition coefficient (Wildman–Crippen LogP) is 5.28. The monoisotopic (exact) mass is 354 g/mol. The Morgan fingerprint density at radius 1 is 0.741 bits per heavy atom. The van der Waals surface area contributed by atoms with Crippen molar-refractivity contribution in [1.82, 2.24) is 9.97 Å². The highest BCUT2D eigenvalue weighted by Gasteiger charge is 2.15. The minimum absolute atomic E-state index is 0.204. The third-order valence-electron chi connectivity index (χ3n) is 4.49. The largest absolute Gasteiger partial charge is 0.478 e. The van der Waals surface area contributed by atoms with Crippen molar-refractivity contribution < 1.29 is 9.90 Å². The summed E-state index contributed by atoms with van der Waals surface area (Å²) in [6.45, 7) is 4.08. The van der Waals surface area contributed by atoms with E-state index in [1.807, 2.05) is 50.2 Å². The van der Waals surface area contributed by atoms with Crippen LogP contribution in [0.2, 0.25) is 0 Å². The summed E-state index contributed by atoms with van der Waals surface area (Å²) in [4.78, 5) is 21.0. The maximum atomic E-state index is 11.3. The summed E-state index contributed by atoms with van der Waals surface area (Å²) in [6, 6.07) is 21.1. The van der Waals surface area contributed by atoms with Crippen molar-refractivity contribution in [2.75, 3.05) is 0 Å². The van der Waals surface area contributed by atoms with Gasteiger partial charge in [0.2, 0.25) is 0 Å². The molecule has 132 valence electrons. The average molecular weight is 354 g/mol. The molecule has 0 fully saturated rings. The van der Waals surface area contributed by atoms with Gasteiger partial charge in [0.25, 0.3) is 0 Å². The molecule has 1 heterocycles. The van der Waals surface area contributed by atoms with E-state index in [1.54, 1.807) is 18.2 Å². The Morgan fingerprint density at radius 2 is 1.30 bits per heavy atom. The Bertz CT molecular complexity index is 1180. The van der Waals surface area contributed by atoms with Crippen molar-refractivity contribution in [3.8, 4) is 22.5 Å². The molecule has 0 bridgehead atoms. The van der Waals surface area contributed by atoms with E-state index in [-0.39, 0.29) is 5.56 Å². The topological polar surface area (TPSA) is 63.1 Å². The van der Waals surface area contributed by atoms with Gasteiger partial charge in [-0.2, -0.15) is 0 Å². The second kappa shape index (κ2) is 6.65. The summed E-state index contributed by atoms with van der Waals surface area (Å²) < 4.78 is 0. The number of carbonyl (C=O) groups is 1. The van der Waals surface area contributed by atoms with Crippen LogP contribution in [0.25, 0.3) is 33.5 Å². The molecule has 0 unspecified atom stereocenters. The van der Waals surface area contributed by atoms with Crippen molar-refractivity contribution in [1.29, 1.82) is 0 Å². The van der Waals surface area contributed by atoms with Crippen LogP contribution in [0.5, 0.6) is 0 Å². The van der Waals surface area contributed by atoms with Gasteiger partial charge in [-0.15, -0.1) is 0 Å². The molecule has 0 radical (unpaired) electrons. The van der Waals surface area contributed by atoms with Gasteiger partial charge in [0.15, 0.2) is 0 Å². The molecule has 4 aromatic rings. The molecule has 4 heteroatoms. The van der Waals surface area contributed by atoms with Crippen molar-refractivity contribution in [3.05, 3.63) is 83.4 Å². The number of nitrogens with zero attached hydrogens (tertiary/aromatic N) is 2. The molecule has 0 atom stereocenters. The quantitative estimate of drug-likeness (QED) is 0.544. The van der Waals surface area contributed by atoms with Gasteiger partial charge in [-0.1, -0.05) is 47.5 Å². The highest BCUT2D eigenvalue weighted by molar-refractivity contribution is 5.94. The molecular formula is C23H18N2O2. The molecule has 0 spiro atoms. The number of carboxylic acids is 1. The summed E-state index contributed by atoms with van der Waals surface area (Å²) in [7, 11) is 0. The van der Waals surface area contributed by atoms with Gasteiger partial charge in [-0.05, 0) is 44.2 Å². The number of aromatic nitrogens is 2. The van der Waals surface area contributed by atoms with Gasteiger partial charge >= 0.3 is 5.97 Å². The summed E-state index contributed by atoms with van der Waals surface area (Å²) >= 11 is 0. The SMILES string of the molecule is Cc1cccc(-c2nc3ccc(C(=O)O)cc3nc2-c2cccc(C)c2)c1. The van der Waals surface area contributed by atoms with Crippen LogP contribution in [0.4, 0.5) is 0 Å². The lowest BCUT2D eigenvalue weighted by Crippen LogP contribution is -1.99. The number of rotatable bonds is 3. The Balaban J connectivity index is 2.03. The number of carboxylic acid groups (broad SMARTS) is 1. The van der Waals surface area contributed by atoms with Crippen LogP contribution in [0.3, 0.4) is 0 Å². The third kappa shape index (κ3) is 3.29. The summed E-state index contributed by atoms with van der Waals surface area (Å²) in [5.74, 6) is -0.974. The number of fused-ring (bicyclic) bond motifs is 1. The second-order valence-electron chi connectivity index (χ2n) is 6.67. The molecule has 4 rings (SSSR count). The van der Waals surface area contributed by atoms with Gasteiger partial charge in [0.1, 0.15) is 0 Å².